The highest BCUT2D eigenvalue weighted by atomic mass is 35.5. The molecule has 6 nitrogen and oxygen atoms in total. The van der Waals surface area contributed by atoms with Crippen LogP contribution in [0.15, 0.2) is 24.5 Å². The zero-order chi connectivity index (χ0) is 15.6. The molecule has 1 amide bonds. The van der Waals surface area contributed by atoms with Gasteiger partial charge in [-0.15, -0.1) is 0 Å². The molecule has 0 aliphatic heterocycles. The highest BCUT2D eigenvalue weighted by Gasteiger charge is 2.17. The number of aromatic nitrogens is 2. The van der Waals surface area contributed by atoms with Gasteiger partial charge in [0.25, 0.3) is 5.91 Å². The van der Waals surface area contributed by atoms with E-state index in [1.165, 1.54) is 18.5 Å². The Morgan fingerprint density at radius 1 is 1.19 bits per heavy atom. The zero-order valence-electron chi connectivity index (χ0n) is 11.3. The van der Waals surface area contributed by atoms with Gasteiger partial charge in [0, 0.05) is 0 Å². The molecule has 1 heterocycles. The number of carbonyl (C=O) groups is 2. The lowest BCUT2D eigenvalue weighted by Gasteiger charge is -2.12. The standard InChI is InChI=1S/C14H12ClN3O3/c1-7-3-8(2)12(9(4-7)14(20)21)18-13(19)10-5-17-11(15)6-16-10/h3-6H,1-2H3,(H,18,19)(H,20,21). The summed E-state index contributed by atoms with van der Waals surface area (Å²) in [4.78, 5) is 31.0. The molecule has 0 bridgehead atoms. The summed E-state index contributed by atoms with van der Waals surface area (Å²) in [5.41, 5.74) is 1.78. The van der Waals surface area contributed by atoms with E-state index in [4.69, 9.17) is 11.6 Å². The van der Waals surface area contributed by atoms with Crippen molar-refractivity contribution in [3.05, 3.63) is 52.1 Å². The lowest BCUT2D eigenvalue weighted by Crippen LogP contribution is -2.17. The van der Waals surface area contributed by atoms with Gasteiger partial charge >= 0.3 is 5.97 Å². The van der Waals surface area contributed by atoms with Crippen LogP contribution in [-0.4, -0.2) is 27.0 Å². The first-order valence-corrected chi connectivity index (χ1v) is 6.39. The molecule has 21 heavy (non-hydrogen) atoms. The van der Waals surface area contributed by atoms with Gasteiger partial charge in [-0.1, -0.05) is 17.7 Å². The molecule has 0 saturated carbocycles. The van der Waals surface area contributed by atoms with Crippen LogP contribution < -0.4 is 5.32 Å². The second-order valence-corrected chi connectivity index (χ2v) is 4.88. The molecule has 0 radical (unpaired) electrons. The van der Waals surface area contributed by atoms with Crippen LogP contribution in [0, 0.1) is 13.8 Å². The van der Waals surface area contributed by atoms with Crippen molar-refractivity contribution in [3.8, 4) is 0 Å². The molecule has 0 aliphatic rings. The molecule has 2 aromatic rings. The quantitative estimate of drug-likeness (QED) is 0.909. The van der Waals surface area contributed by atoms with Crippen LogP contribution in [-0.2, 0) is 0 Å². The number of aromatic carboxylic acids is 1. The Hall–Kier alpha value is -2.47. The monoisotopic (exact) mass is 305 g/mol. The Balaban J connectivity index is 2.37. The van der Waals surface area contributed by atoms with Crippen molar-refractivity contribution in [2.75, 3.05) is 5.32 Å². The molecule has 2 N–H and O–H groups in total. The Bertz CT molecular complexity index is 714. The van der Waals surface area contributed by atoms with E-state index in [-0.39, 0.29) is 22.1 Å². The molecule has 0 spiro atoms. The second kappa shape index (κ2) is 5.88. The molecule has 0 saturated heterocycles. The number of carbonyl (C=O) groups excluding carboxylic acids is 1. The molecule has 7 heteroatoms. The maximum Gasteiger partial charge on any atom is 0.337 e. The third-order valence-corrected chi connectivity index (χ3v) is 3.00. The second-order valence-electron chi connectivity index (χ2n) is 4.49. The van der Waals surface area contributed by atoms with E-state index < -0.39 is 11.9 Å². The number of carboxylic acid groups (broad SMARTS) is 1. The highest BCUT2D eigenvalue weighted by molar-refractivity contribution is 6.29. The summed E-state index contributed by atoms with van der Waals surface area (Å²) in [5.74, 6) is -1.66. The van der Waals surface area contributed by atoms with Gasteiger partial charge in [0.05, 0.1) is 23.6 Å². The number of hydrogen-bond acceptors (Lipinski definition) is 4. The summed E-state index contributed by atoms with van der Waals surface area (Å²) in [5, 5.41) is 12.0. The van der Waals surface area contributed by atoms with Crippen LogP contribution in [0.2, 0.25) is 5.15 Å². The molecule has 1 aromatic carbocycles. The lowest BCUT2D eigenvalue weighted by atomic mass is 10.0. The van der Waals surface area contributed by atoms with E-state index in [2.05, 4.69) is 15.3 Å². The first-order valence-electron chi connectivity index (χ1n) is 6.02. The van der Waals surface area contributed by atoms with Crippen molar-refractivity contribution >= 4 is 29.2 Å². The molecule has 1 aromatic heterocycles. The lowest BCUT2D eigenvalue weighted by molar-refractivity contribution is 0.0698. The number of anilines is 1. The minimum absolute atomic E-state index is 0.0303. The molecule has 2 rings (SSSR count). The van der Waals surface area contributed by atoms with Gasteiger partial charge in [-0.05, 0) is 31.0 Å². The number of nitrogens with one attached hydrogen (secondary N) is 1. The van der Waals surface area contributed by atoms with E-state index in [0.717, 1.165) is 5.56 Å². The number of halogens is 1. The van der Waals surface area contributed by atoms with Crippen molar-refractivity contribution in [2.45, 2.75) is 13.8 Å². The molecular formula is C14H12ClN3O3. The summed E-state index contributed by atoms with van der Waals surface area (Å²) >= 11 is 5.60. The summed E-state index contributed by atoms with van der Waals surface area (Å²) in [6.45, 7) is 3.51. The van der Waals surface area contributed by atoms with Gasteiger partial charge in [0.2, 0.25) is 0 Å². The smallest absolute Gasteiger partial charge is 0.337 e. The van der Waals surface area contributed by atoms with Crippen molar-refractivity contribution in [2.24, 2.45) is 0 Å². The minimum atomic E-state index is -1.11. The topological polar surface area (TPSA) is 92.2 Å². The Kier molecular flexibility index (Phi) is 4.18. The number of nitrogens with zero attached hydrogens (tertiary/aromatic N) is 2. The maximum absolute atomic E-state index is 12.1. The number of aryl methyl sites for hydroxylation is 2. The summed E-state index contributed by atoms with van der Waals surface area (Å²) in [6, 6.07) is 3.29. The number of hydrogen-bond donors (Lipinski definition) is 2. The van der Waals surface area contributed by atoms with Crippen LogP contribution >= 0.6 is 11.6 Å². The number of amides is 1. The molecular weight excluding hydrogens is 294 g/mol. The van der Waals surface area contributed by atoms with E-state index in [9.17, 15) is 14.7 Å². The summed E-state index contributed by atoms with van der Waals surface area (Å²) in [7, 11) is 0. The van der Waals surface area contributed by atoms with Gasteiger partial charge in [0.1, 0.15) is 10.8 Å². The van der Waals surface area contributed by atoms with Crippen LogP contribution in [0.25, 0.3) is 0 Å². The van der Waals surface area contributed by atoms with Crippen LogP contribution in [0.1, 0.15) is 32.0 Å². The van der Waals surface area contributed by atoms with Crippen LogP contribution in [0.3, 0.4) is 0 Å². The zero-order valence-corrected chi connectivity index (χ0v) is 12.1. The van der Waals surface area contributed by atoms with Crippen molar-refractivity contribution in [3.63, 3.8) is 0 Å². The SMILES string of the molecule is Cc1cc(C)c(NC(=O)c2cnc(Cl)cn2)c(C(=O)O)c1. The predicted molar refractivity (Wildman–Crippen MR) is 77.9 cm³/mol. The Labute approximate surface area is 125 Å². The largest absolute Gasteiger partial charge is 0.478 e. The summed E-state index contributed by atoms with van der Waals surface area (Å²) in [6.07, 6.45) is 2.47. The highest BCUT2D eigenvalue weighted by Crippen LogP contribution is 2.23. The van der Waals surface area contributed by atoms with Crippen molar-refractivity contribution in [1.29, 1.82) is 0 Å². The maximum atomic E-state index is 12.1. The molecule has 0 unspecified atom stereocenters. The predicted octanol–water partition coefficient (Wildman–Crippen LogP) is 2.70. The van der Waals surface area contributed by atoms with Crippen molar-refractivity contribution in [1.82, 2.24) is 9.97 Å². The van der Waals surface area contributed by atoms with E-state index in [1.54, 1.807) is 19.9 Å². The van der Waals surface area contributed by atoms with Crippen molar-refractivity contribution < 1.29 is 14.7 Å². The fourth-order valence-electron chi connectivity index (χ4n) is 1.91. The van der Waals surface area contributed by atoms with E-state index >= 15 is 0 Å². The first-order chi connectivity index (χ1) is 9.88. The van der Waals surface area contributed by atoms with E-state index in [0.29, 0.717) is 5.56 Å². The third kappa shape index (κ3) is 3.35. The molecule has 0 fully saturated rings. The summed E-state index contributed by atoms with van der Waals surface area (Å²) < 4.78 is 0. The van der Waals surface area contributed by atoms with Gasteiger partial charge in [-0.25, -0.2) is 14.8 Å². The molecule has 0 atom stereocenters. The average molecular weight is 306 g/mol. The molecule has 0 aliphatic carbocycles. The number of benzene rings is 1. The van der Waals surface area contributed by atoms with E-state index in [1.807, 2.05) is 0 Å². The minimum Gasteiger partial charge on any atom is -0.478 e. The van der Waals surface area contributed by atoms with Crippen LogP contribution in [0.5, 0.6) is 0 Å². The van der Waals surface area contributed by atoms with Gasteiger partial charge in [-0.3, -0.25) is 4.79 Å². The number of rotatable bonds is 3. The fourth-order valence-corrected chi connectivity index (χ4v) is 2.01. The van der Waals surface area contributed by atoms with Gasteiger partial charge in [-0.2, -0.15) is 0 Å². The van der Waals surface area contributed by atoms with Gasteiger partial charge < -0.3 is 10.4 Å². The first kappa shape index (κ1) is 14.9. The van der Waals surface area contributed by atoms with Gasteiger partial charge in [0.15, 0.2) is 0 Å². The number of carboxylic acids is 1. The fraction of sp³-hybridized carbons (Fsp3) is 0.143. The normalized spacial score (nSPS) is 10.2. The Morgan fingerprint density at radius 3 is 2.48 bits per heavy atom. The Morgan fingerprint density at radius 2 is 1.90 bits per heavy atom. The molecule has 108 valence electrons. The average Bonchev–Trinajstić information content (AvgIpc) is 2.41. The third-order valence-electron chi connectivity index (χ3n) is 2.80. The van der Waals surface area contributed by atoms with Crippen LogP contribution in [0.4, 0.5) is 5.69 Å².